The molecule has 0 radical (unpaired) electrons. The molecule has 1 amide bonds. The second-order valence-corrected chi connectivity index (χ2v) is 7.20. The van der Waals surface area contributed by atoms with Crippen LogP contribution in [0.3, 0.4) is 0 Å². The molecule has 0 bridgehead atoms. The van der Waals surface area contributed by atoms with E-state index in [2.05, 4.69) is 10.0 Å². The number of hydrogen-bond acceptors (Lipinski definition) is 4. The number of anilines is 1. The van der Waals surface area contributed by atoms with E-state index in [4.69, 9.17) is 27.9 Å². The minimum absolute atomic E-state index is 0.102. The Kier molecular flexibility index (Phi) is 5.58. The lowest BCUT2D eigenvalue weighted by Crippen LogP contribution is -2.20. The molecule has 0 saturated carbocycles. The maximum absolute atomic E-state index is 12.5. The van der Waals surface area contributed by atoms with Crippen LogP contribution in [0.25, 0.3) is 0 Å². The third-order valence-electron chi connectivity index (χ3n) is 3.13. The number of nitrogens with one attached hydrogen (secondary N) is 2. The summed E-state index contributed by atoms with van der Waals surface area (Å²) >= 11 is 11.8. The van der Waals surface area contributed by atoms with Crippen LogP contribution in [0.5, 0.6) is 5.75 Å². The fourth-order valence-electron chi connectivity index (χ4n) is 1.94. The van der Waals surface area contributed by atoms with Crippen LogP contribution < -0.4 is 14.8 Å². The van der Waals surface area contributed by atoms with Crippen molar-refractivity contribution >= 4 is 44.8 Å². The minimum Gasteiger partial charge on any atom is -0.496 e. The van der Waals surface area contributed by atoms with Crippen LogP contribution in [0.15, 0.2) is 41.3 Å². The molecule has 0 aliphatic rings. The van der Waals surface area contributed by atoms with Gasteiger partial charge in [-0.15, -0.1) is 0 Å². The summed E-state index contributed by atoms with van der Waals surface area (Å²) in [6.07, 6.45) is 0. The van der Waals surface area contributed by atoms with Crippen molar-refractivity contribution in [3.8, 4) is 5.75 Å². The van der Waals surface area contributed by atoms with E-state index in [9.17, 15) is 13.2 Å². The Morgan fingerprint density at radius 2 is 1.83 bits per heavy atom. The van der Waals surface area contributed by atoms with Gasteiger partial charge >= 0.3 is 0 Å². The number of amides is 1. The van der Waals surface area contributed by atoms with Gasteiger partial charge in [-0.25, -0.2) is 8.42 Å². The lowest BCUT2D eigenvalue weighted by Gasteiger charge is -2.12. The van der Waals surface area contributed by atoms with E-state index in [1.807, 2.05) is 0 Å². The number of ether oxygens (including phenoxy) is 1. The van der Waals surface area contributed by atoms with E-state index in [0.29, 0.717) is 5.02 Å². The molecule has 128 valence electrons. The van der Waals surface area contributed by atoms with Gasteiger partial charge in [0.15, 0.2) is 0 Å². The fourth-order valence-corrected chi connectivity index (χ4v) is 3.56. The molecule has 2 rings (SSSR count). The van der Waals surface area contributed by atoms with Gasteiger partial charge in [-0.05, 0) is 36.4 Å². The molecule has 24 heavy (non-hydrogen) atoms. The smallest absolute Gasteiger partial charge is 0.261 e. The van der Waals surface area contributed by atoms with Crippen LogP contribution in [0.4, 0.5) is 5.69 Å². The highest BCUT2D eigenvalue weighted by Gasteiger charge is 2.20. The van der Waals surface area contributed by atoms with Gasteiger partial charge in [0.2, 0.25) is 0 Å². The predicted octanol–water partition coefficient (Wildman–Crippen LogP) is 3.16. The van der Waals surface area contributed by atoms with Crippen molar-refractivity contribution < 1.29 is 17.9 Å². The molecule has 0 spiro atoms. The SMILES string of the molecule is CNC(=O)c1cc(S(=O)(=O)Nc2ccc(Cl)cc2Cl)ccc1OC. The normalized spacial score (nSPS) is 11.0. The summed E-state index contributed by atoms with van der Waals surface area (Å²) in [5.74, 6) is -0.203. The van der Waals surface area contributed by atoms with E-state index in [1.165, 1.54) is 50.6 Å². The molecule has 2 aromatic carbocycles. The number of carbonyl (C=O) groups excluding carboxylic acids is 1. The highest BCUT2D eigenvalue weighted by atomic mass is 35.5. The van der Waals surface area contributed by atoms with Gasteiger partial charge in [-0.2, -0.15) is 0 Å². The maximum Gasteiger partial charge on any atom is 0.261 e. The lowest BCUT2D eigenvalue weighted by molar-refractivity contribution is 0.0960. The molecule has 0 heterocycles. The highest BCUT2D eigenvalue weighted by Crippen LogP contribution is 2.29. The number of benzene rings is 2. The molecule has 0 unspecified atom stereocenters. The summed E-state index contributed by atoms with van der Waals surface area (Å²) in [5.41, 5.74) is 0.281. The molecule has 0 aliphatic carbocycles. The summed E-state index contributed by atoms with van der Waals surface area (Å²) in [6.45, 7) is 0. The predicted molar refractivity (Wildman–Crippen MR) is 93.7 cm³/mol. The molecule has 9 heteroatoms. The molecule has 0 aliphatic heterocycles. The van der Waals surface area contributed by atoms with E-state index in [0.717, 1.165) is 0 Å². The summed E-state index contributed by atoms with van der Waals surface area (Å²) in [6, 6.07) is 8.34. The highest BCUT2D eigenvalue weighted by molar-refractivity contribution is 7.92. The first-order valence-electron chi connectivity index (χ1n) is 6.66. The second-order valence-electron chi connectivity index (χ2n) is 4.67. The number of sulfonamides is 1. The first kappa shape index (κ1) is 18.4. The van der Waals surface area contributed by atoms with Gasteiger partial charge in [-0.1, -0.05) is 23.2 Å². The zero-order valence-corrected chi connectivity index (χ0v) is 15.1. The Balaban J connectivity index is 2.44. The second kappa shape index (κ2) is 7.29. The van der Waals surface area contributed by atoms with Gasteiger partial charge in [0.05, 0.1) is 28.3 Å². The Morgan fingerprint density at radius 1 is 1.12 bits per heavy atom. The Morgan fingerprint density at radius 3 is 2.42 bits per heavy atom. The molecular weight excluding hydrogens is 375 g/mol. The van der Waals surface area contributed by atoms with Crippen LogP contribution in [0, 0.1) is 0 Å². The molecule has 2 N–H and O–H groups in total. The zero-order valence-electron chi connectivity index (χ0n) is 12.8. The van der Waals surface area contributed by atoms with Crippen LogP contribution >= 0.6 is 23.2 Å². The standard InChI is InChI=1S/C15H14Cl2N2O4S/c1-18-15(20)11-8-10(4-6-14(11)23-2)24(21,22)19-13-5-3-9(16)7-12(13)17/h3-8,19H,1-2H3,(H,18,20). The molecular formula is C15H14Cl2N2O4S. The molecule has 0 atom stereocenters. The van der Waals surface area contributed by atoms with Gasteiger partial charge < -0.3 is 10.1 Å². The summed E-state index contributed by atoms with van der Waals surface area (Å²) < 4.78 is 32.5. The monoisotopic (exact) mass is 388 g/mol. The van der Waals surface area contributed by atoms with Crippen LogP contribution in [-0.4, -0.2) is 28.5 Å². The van der Waals surface area contributed by atoms with Gasteiger partial charge in [-0.3, -0.25) is 9.52 Å². The number of rotatable bonds is 5. The Bertz CT molecular complexity index is 885. The molecule has 0 saturated heterocycles. The van der Waals surface area contributed by atoms with Gasteiger partial charge in [0.1, 0.15) is 5.75 Å². The van der Waals surface area contributed by atoms with E-state index in [-0.39, 0.29) is 26.9 Å². The topological polar surface area (TPSA) is 84.5 Å². The first-order chi connectivity index (χ1) is 11.3. The van der Waals surface area contributed by atoms with Crippen molar-refractivity contribution in [1.82, 2.24) is 5.32 Å². The third-order valence-corrected chi connectivity index (χ3v) is 5.04. The van der Waals surface area contributed by atoms with Gasteiger partial charge in [0.25, 0.3) is 15.9 Å². The maximum atomic E-state index is 12.5. The summed E-state index contributed by atoms with van der Waals surface area (Å²) in [7, 11) is -1.12. The number of halogens is 2. The fraction of sp³-hybridized carbons (Fsp3) is 0.133. The molecule has 0 aromatic heterocycles. The molecule has 0 fully saturated rings. The summed E-state index contributed by atoms with van der Waals surface area (Å²) in [4.78, 5) is 11.8. The van der Waals surface area contributed by atoms with Crippen molar-refractivity contribution in [2.45, 2.75) is 4.90 Å². The number of carbonyl (C=O) groups is 1. The Labute approximate surface area is 149 Å². The average Bonchev–Trinajstić information content (AvgIpc) is 2.56. The Hall–Kier alpha value is -1.96. The van der Waals surface area contributed by atoms with Crippen molar-refractivity contribution in [3.63, 3.8) is 0 Å². The first-order valence-corrected chi connectivity index (χ1v) is 8.90. The van der Waals surface area contributed by atoms with Crippen molar-refractivity contribution in [1.29, 1.82) is 0 Å². The van der Waals surface area contributed by atoms with Crippen molar-refractivity contribution in [2.75, 3.05) is 18.9 Å². The van der Waals surface area contributed by atoms with Crippen LogP contribution in [0.1, 0.15) is 10.4 Å². The minimum atomic E-state index is -3.95. The quantitative estimate of drug-likeness (QED) is 0.823. The van der Waals surface area contributed by atoms with Gasteiger partial charge in [0, 0.05) is 12.1 Å². The summed E-state index contributed by atoms with van der Waals surface area (Å²) in [5, 5.41) is 2.97. The van der Waals surface area contributed by atoms with Crippen LogP contribution in [0.2, 0.25) is 10.0 Å². The molecule has 2 aromatic rings. The third kappa shape index (κ3) is 3.92. The zero-order chi connectivity index (χ0) is 17.9. The van der Waals surface area contributed by atoms with Crippen molar-refractivity contribution in [2.24, 2.45) is 0 Å². The number of methoxy groups -OCH3 is 1. The lowest BCUT2D eigenvalue weighted by atomic mass is 10.2. The largest absolute Gasteiger partial charge is 0.496 e. The van der Waals surface area contributed by atoms with E-state index in [1.54, 1.807) is 0 Å². The number of hydrogen-bond donors (Lipinski definition) is 2. The van der Waals surface area contributed by atoms with Crippen molar-refractivity contribution in [3.05, 3.63) is 52.0 Å². The average molecular weight is 389 g/mol. The van der Waals surface area contributed by atoms with Crippen LogP contribution in [-0.2, 0) is 10.0 Å². The van der Waals surface area contributed by atoms with E-state index >= 15 is 0 Å². The van der Waals surface area contributed by atoms with E-state index < -0.39 is 15.9 Å². The molecule has 6 nitrogen and oxygen atoms in total.